The smallest absolute Gasteiger partial charge is 0.431 e. The summed E-state index contributed by atoms with van der Waals surface area (Å²) in [5.41, 5.74) is 2.18. The van der Waals surface area contributed by atoms with Gasteiger partial charge in [0.15, 0.2) is 0 Å². The van der Waals surface area contributed by atoms with Crippen LogP contribution in [0.4, 0.5) is 4.79 Å². The highest BCUT2D eigenvalue weighted by Crippen LogP contribution is 2.13. The van der Waals surface area contributed by atoms with Gasteiger partial charge in [0, 0.05) is 0 Å². The van der Waals surface area contributed by atoms with Gasteiger partial charge in [-0.3, -0.25) is 4.84 Å². The molecular weight excluding hydrogens is 146 g/mol. The van der Waals surface area contributed by atoms with Crippen LogP contribution in [-0.2, 0) is 4.84 Å². The van der Waals surface area contributed by atoms with Crippen LogP contribution in [0.3, 0.4) is 0 Å². The van der Waals surface area contributed by atoms with E-state index in [4.69, 9.17) is 9.94 Å². The van der Waals surface area contributed by atoms with Crippen LogP contribution in [0.2, 0.25) is 0 Å². The fourth-order valence-electron chi connectivity index (χ4n) is 0.817. The first kappa shape index (κ1) is 8.07. The molecule has 62 valence electrons. The maximum absolute atomic E-state index is 10.4. The maximum atomic E-state index is 10.4. The van der Waals surface area contributed by atoms with E-state index in [2.05, 4.69) is 0 Å². The molecule has 1 amide bonds. The van der Waals surface area contributed by atoms with Crippen molar-refractivity contribution in [3.05, 3.63) is 11.1 Å². The molecule has 1 aliphatic rings. The molecule has 0 atom stereocenters. The minimum absolute atomic E-state index is 0.362. The lowest BCUT2D eigenvalue weighted by atomic mass is 10.1. The molecule has 0 saturated heterocycles. The first-order valence-corrected chi connectivity index (χ1v) is 3.40. The Hall–Kier alpha value is -1.03. The van der Waals surface area contributed by atoms with Crippen LogP contribution in [0, 0.1) is 0 Å². The van der Waals surface area contributed by atoms with Crippen molar-refractivity contribution in [2.75, 3.05) is 13.2 Å². The Labute approximate surface area is 65.0 Å². The molecule has 11 heavy (non-hydrogen) atoms. The van der Waals surface area contributed by atoms with E-state index in [1.165, 1.54) is 0 Å². The largest absolute Gasteiger partial charge is 0.463 e. The van der Waals surface area contributed by atoms with E-state index in [0.29, 0.717) is 13.2 Å². The fraction of sp³-hybridized carbons (Fsp3) is 0.571. The van der Waals surface area contributed by atoms with Gasteiger partial charge in [-0.05, 0) is 25.0 Å². The molecule has 0 unspecified atom stereocenters. The first-order chi connectivity index (χ1) is 5.11. The molecule has 0 aromatic carbocycles. The van der Waals surface area contributed by atoms with Crippen LogP contribution in [0.1, 0.15) is 13.8 Å². The van der Waals surface area contributed by atoms with E-state index < -0.39 is 6.09 Å². The molecule has 0 spiro atoms. The maximum Gasteiger partial charge on any atom is 0.431 e. The van der Waals surface area contributed by atoms with Gasteiger partial charge in [0.05, 0.1) is 13.2 Å². The summed E-state index contributed by atoms with van der Waals surface area (Å²) in [5.74, 6) is 0. The second-order valence-electron chi connectivity index (χ2n) is 2.65. The van der Waals surface area contributed by atoms with E-state index in [1.807, 2.05) is 13.8 Å². The van der Waals surface area contributed by atoms with E-state index in [0.717, 1.165) is 16.2 Å². The molecule has 0 fully saturated rings. The molecular formula is C7H11NO3. The SMILES string of the molecule is CC1=C(C)CN(C(=O)O)OC1. The van der Waals surface area contributed by atoms with Gasteiger partial charge >= 0.3 is 6.09 Å². The molecule has 0 aliphatic carbocycles. The molecule has 0 aromatic rings. The van der Waals surface area contributed by atoms with Crippen molar-refractivity contribution in [1.29, 1.82) is 0 Å². The molecule has 1 N–H and O–H groups in total. The molecule has 0 saturated carbocycles. The van der Waals surface area contributed by atoms with Crippen molar-refractivity contribution in [1.82, 2.24) is 5.06 Å². The topological polar surface area (TPSA) is 49.8 Å². The zero-order valence-electron chi connectivity index (χ0n) is 6.63. The number of hydrogen-bond donors (Lipinski definition) is 1. The molecule has 1 heterocycles. The highest BCUT2D eigenvalue weighted by atomic mass is 16.7. The van der Waals surface area contributed by atoms with E-state index >= 15 is 0 Å². The molecule has 4 nitrogen and oxygen atoms in total. The van der Waals surface area contributed by atoms with Gasteiger partial charge in [0.25, 0.3) is 0 Å². The summed E-state index contributed by atoms with van der Waals surface area (Å²) >= 11 is 0. The Morgan fingerprint density at radius 1 is 1.55 bits per heavy atom. The van der Waals surface area contributed by atoms with Crippen LogP contribution in [-0.4, -0.2) is 29.4 Å². The first-order valence-electron chi connectivity index (χ1n) is 3.40. The third kappa shape index (κ3) is 1.71. The summed E-state index contributed by atoms with van der Waals surface area (Å²) in [5, 5.41) is 9.47. The van der Waals surface area contributed by atoms with Crippen molar-refractivity contribution in [3.63, 3.8) is 0 Å². The Kier molecular flexibility index (Phi) is 2.14. The summed E-state index contributed by atoms with van der Waals surface area (Å²) in [6, 6.07) is 0. The third-order valence-corrected chi connectivity index (χ3v) is 1.76. The highest BCUT2D eigenvalue weighted by molar-refractivity contribution is 5.64. The van der Waals surface area contributed by atoms with E-state index in [9.17, 15) is 4.79 Å². The second kappa shape index (κ2) is 2.92. The summed E-state index contributed by atoms with van der Waals surface area (Å²) < 4.78 is 0. The zero-order valence-corrected chi connectivity index (χ0v) is 6.63. The minimum atomic E-state index is -1.03. The second-order valence-corrected chi connectivity index (χ2v) is 2.65. The lowest BCUT2D eigenvalue weighted by molar-refractivity contribution is -0.124. The number of carboxylic acid groups (broad SMARTS) is 1. The van der Waals surface area contributed by atoms with Crippen LogP contribution < -0.4 is 0 Å². The summed E-state index contributed by atoms with van der Waals surface area (Å²) in [7, 11) is 0. The number of hydrogen-bond acceptors (Lipinski definition) is 2. The predicted octanol–water partition coefficient (Wildman–Crippen LogP) is 1.25. The average molecular weight is 157 g/mol. The fourth-order valence-corrected chi connectivity index (χ4v) is 0.817. The van der Waals surface area contributed by atoms with Gasteiger partial charge in [0.2, 0.25) is 0 Å². The summed E-state index contributed by atoms with van der Waals surface area (Å²) in [4.78, 5) is 15.3. The molecule has 1 aliphatic heterocycles. The Balaban J connectivity index is 2.64. The zero-order chi connectivity index (χ0) is 8.43. The average Bonchev–Trinajstić information content (AvgIpc) is 1.94. The normalized spacial score (nSPS) is 18.9. The van der Waals surface area contributed by atoms with Crippen LogP contribution in [0.25, 0.3) is 0 Å². The molecule has 0 aromatic heterocycles. The number of nitrogens with zero attached hydrogens (tertiary/aromatic N) is 1. The van der Waals surface area contributed by atoms with Crippen molar-refractivity contribution in [2.24, 2.45) is 0 Å². The highest BCUT2D eigenvalue weighted by Gasteiger charge is 2.18. The molecule has 0 radical (unpaired) electrons. The van der Waals surface area contributed by atoms with Crippen molar-refractivity contribution >= 4 is 6.09 Å². The van der Waals surface area contributed by atoms with Gasteiger partial charge in [-0.1, -0.05) is 0 Å². The number of carbonyl (C=O) groups is 1. The van der Waals surface area contributed by atoms with Crippen LogP contribution in [0.15, 0.2) is 11.1 Å². The lowest BCUT2D eigenvalue weighted by Crippen LogP contribution is -2.35. The van der Waals surface area contributed by atoms with Gasteiger partial charge in [-0.25, -0.2) is 4.79 Å². The quantitative estimate of drug-likeness (QED) is 0.538. The van der Waals surface area contributed by atoms with Crippen LogP contribution in [0.5, 0.6) is 0 Å². The van der Waals surface area contributed by atoms with Crippen molar-refractivity contribution in [3.8, 4) is 0 Å². The Bertz CT molecular complexity index is 210. The summed E-state index contributed by atoms with van der Waals surface area (Å²) in [6.45, 7) is 4.60. The van der Waals surface area contributed by atoms with Gasteiger partial charge in [-0.2, -0.15) is 5.06 Å². The van der Waals surface area contributed by atoms with Gasteiger partial charge in [0.1, 0.15) is 0 Å². The van der Waals surface area contributed by atoms with E-state index in [1.54, 1.807) is 0 Å². The standard InChI is InChI=1S/C7H11NO3/c1-5-3-8(7(9)10)11-4-6(5)2/h3-4H2,1-2H3,(H,9,10). The van der Waals surface area contributed by atoms with Crippen LogP contribution >= 0.6 is 0 Å². The molecule has 4 heteroatoms. The molecule has 1 rings (SSSR count). The predicted molar refractivity (Wildman–Crippen MR) is 39.1 cm³/mol. The monoisotopic (exact) mass is 157 g/mol. The van der Waals surface area contributed by atoms with Crippen molar-refractivity contribution in [2.45, 2.75) is 13.8 Å². The Morgan fingerprint density at radius 3 is 2.64 bits per heavy atom. The third-order valence-electron chi connectivity index (χ3n) is 1.76. The number of rotatable bonds is 0. The van der Waals surface area contributed by atoms with Gasteiger partial charge < -0.3 is 5.11 Å². The minimum Gasteiger partial charge on any atom is -0.463 e. The summed E-state index contributed by atoms with van der Waals surface area (Å²) in [6.07, 6.45) is -1.03. The van der Waals surface area contributed by atoms with Crippen molar-refractivity contribution < 1.29 is 14.7 Å². The molecule has 0 bridgehead atoms. The number of amides is 1. The number of hydroxylamine groups is 2. The Morgan fingerprint density at radius 2 is 2.18 bits per heavy atom. The van der Waals surface area contributed by atoms with E-state index in [-0.39, 0.29) is 0 Å². The van der Waals surface area contributed by atoms with Gasteiger partial charge in [-0.15, -0.1) is 0 Å². The lowest BCUT2D eigenvalue weighted by Gasteiger charge is -2.24.